The van der Waals surface area contributed by atoms with Gasteiger partial charge in [-0.15, -0.1) is 0 Å². The third-order valence-electron chi connectivity index (χ3n) is 14.3. The van der Waals surface area contributed by atoms with Crippen molar-refractivity contribution in [3.05, 3.63) is 198 Å². The summed E-state index contributed by atoms with van der Waals surface area (Å²) in [5.74, 6) is 2.86. The van der Waals surface area contributed by atoms with Gasteiger partial charge in [0.05, 0.1) is 44.1 Å². The summed E-state index contributed by atoms with van der Waals surface area (Å²) in [5.41, 5.74) is -0.238. The number of nitrogens with one attached hydrogen (secondary N) is 2. The molecule has 11 aromatic rings. The molecule has 0 aliphatic carbocycles. The number of hydrogen-bond acceptors (Lipinski definition) is 17. The van der Waals surface area contributed by atoms with Crippen molar-refractivity contribution >= 4 is 121 Å². The van der Waals surface area contributed by atoms with Crippen LogP contribution in [0.15, 0.2) is 143 Å². The van der Waals surface area contributed by atoms with Gasteiger partial charge in [-0.2, -0.15) is 61.0 Å². The molecule has 3 fully saturated rings. The van der Waals surface area contributed by atoms with E-state index in [0.717, 1.165) is 17.6 Å². The topological polar surface area (TPSA) is 306 Å². The number of aromatic nitrogens is 15. The average molecular weight is 1370 g/mol. The first-order valence-corrected chi connectivity index (χ1v) is 29.1. The summed E-state index contributed by atoms with van der Waals surface area (Å²) in [6.07, 6.45) is 15.6. The number of likely N-dealkylation sites (tertiary alicyclic amines) is 2. The molecule has 11 aromatic heterocycles. The second-order valence-electron chi connectivity index (χ2n) is 22.5. The molecule has 3 N–H and O–H groups in total. The van der Waals surface area contributed by atoms with E-state index >= 15 is 0 Å². The van der Waals surface area contributed by atoms with E-state index in [1.807, 2.05) is 58.6 Å². The number of H-pyrrole nitrogens is 2. The van der Waals surface area contributed by atoms with Crippen molar-refractivity contribution in [2.75, 3.05) is 24.5 Å². The van der Waals surface area contributed by atoms with Crippen LogP contribution in [-0.4, -0.2) is 126 Å². The monoisotopic (exact) mass is 1370 g/mol. The highest BCUT2D eigenvalue weighted by Gasteiger charge is 2.42. The fraction of sp³-hybridized carbons (Fsp3) is 0.288. The molecule has 14 heterocycles. The zero-order valence-corrected chi connectivity index (χ0v) is 55.4. The zero-order chi connectivity index (χ0) is 63.1. The second-order valence-corrected chi connectivity index (χ2v) is 23.7. The quantitative estimate of drug-likeness (QED) is 0.103. The molecular formula is C59H63Cl3N19O8S3+. The summed E-state index contributed by atoms with van der Waals surface area (Å²) in [5, 5.41) is 33.4. The highest BCUT2D eigenvalue weighted by atomic mass is 35.5. The third kappa shape index (κ3) is 14.0. The lowest BCUT2D eigenvalue weighted by Gasteiger charge is -2.42. The molecule has 480 valence electrons. The summed E-state index contributed by atoms with van der Waals surface area (Å²) in [4.78, 5) is 91.7. The molecule has 0 saturated carbocycles. The Morgan fingerprint density at radius 1 is 0.630 bits per heavy atom. The molecule has 3 aliphatic heterocycles. The van der Waals surface area contributed by atoms with E-state index in [-0.39, 0.29) is 80.3 Å². The highest BCUT2D eigenvalue weighted by Crippen LogP contribution is 2.40. The van der Waals surface area contributed by atoms with Gasteiger partial charge in [-0.25, -0.2) is 52.2 Å². The number of aromatic amines is 2. The molecular weight excluding hydrogens is 1310 g/mol. The number of amides is 2. The van der Waals surface area contributed by atoms with Crippen LogP contribution in [-0.2, 0) is 9.47 Å². The van der Waals surface area contributed by atoms with Gasteiger partial charge in [0.15, 0.2) is 17.5 Å². The van der Waals surface area contributed by atoms with Crippen LogP contribution in [0, 0.1) is 11.3 Å². The molecule has 0 radical (unpaired) electrons. The van der Waals surface area contributed by atoms with Gasteiger partial charge >= 0.3 is 12.2 Å². The van der Waals surface area contributed by atoms with Crippen molar-refractivity contribution in [1.82, 2.24) is 77.7 Å². The number of halogens is 3. The summed E-state index contributed by atoms with van der Waals surface area (Å²) in [6.45, 7) is 12.7. The van der Waals surface area contributed by atoms with E-state index in [9.17, 15) is 29.2 Å². The highest BCUT2D eigenvalue weighted by molar-refractivity contribution is 7.59. The first kappa shape index (κ1) is 68.8. The van der Waals surface area contributed by atoms with Crippen LogP contribution in [0.2, 0.25) is 15.1 Å². The fourth-order valence-corrected chi connectivity index (χ4v) is 10.7. The van der Waals surface area contributed by atoms with Crippen LogP contribution in [0.5, 0.6) is 0 Å². The number of pyridine rings is 3. The zero-order valence-electron chi connectivity index (χ0n) is 50.1. The smallest absolute Gasteiger partial charge is 0.410 e. The first-order chi connectivity index (χ1) is 42.6. The molecule has 92 heavy (non-hydrogen) atoms. The SMILES string of the molecule is CC(C)(C)OC(=O)N1CCC1c1nn2ccc(Cl)c2c(=O)[nH]1.CC(C)(C)OC(=O)N1CCC1c1nn2ccc(Cl)c2c(=O)n1-c1ccccn1.N#Cc1c[nH]c2ncnc(N3CCC3c3nn4ccc(Cl)c4c(=O)n3-c3ccccn3)c12.O[n+]1ccccc1.S.S.S. The van der Waals surface area contributed by atoms with Crippen molar-refractivity contribution < 1.29 is 29.0 Å². The van der Waals surface area contributed by atoms with Gasteiger partial charge in [-0.1, -0.05) is 53.0 Å². The molecule has 2 amide bonds. The van der Waals surface area contributed by atoms with Gasteiger partial charge in [0, 0.05) is 73.7 Å². The normalized spacial score (nSPS) is 15.7. The molecule has 3 aliphatic rings. The molecule has 0 bridgehead atoms. The number of nitriles is 1. The van der Waals surface area contributed by atoms with E-state index in [1.54, 1.807) is 120 Å². The molecule has 3 unspecified atom stereocenters. The maximum Gasteiger partial charge on any atom is 0.410 e. The first-order valence-electron chi connectivity index (χ1n) is 27.9. The van der Waals surface area contributed by atoms with Gasteiger partial charge in [-0.3, -0.25) is 29.4 Å². The minimum Gasteiger partial charge on any atom is -0.444 e. The largest absolute Gasteiger partial charge is 0.444 e. The molecule has 0 aromatic carbocycles. The van der Waals surface area contributed by atoms with E-state index in [4.69, 9.17) is 54.6 Å². The lowest BCUT2D eigenvalue weighted by atomic mass is 10.0. The minimum absolute atomic E-state index is 0. The Morgan fingerprint density at radius 2 is 1.12 bits per heavy atom. The van der Waals surface area contributed by atoms with Crippen molar-refractivity contribution in [1.29, 1.82) is 5.26 Å². The number of nitrogens with zero attached hydrogens (tertiary/aromatic N) is 17. The van der Waals surface area contributed by atoms with Crippen LogP contribution >= 0.6 is 75.3 Å². The van der Waals surface area contributed by atoms with E-state index in [2.05, 4.69) is 46.2 Å². The van der Waals surface area contributed by atoms with Crippen molar-refractivity contribution in [2.45, 2.75) is 90.1 Å². The molecule has 0 spiro atoms. The lowest BCUT2D eigenvalue weighted by molar-refractivity contribution is -0.904. The summed E-state index contributed by atoms with van der Waals surface area (Å²) < 4.78 is 19.1. The van der Waals surface area contributed by atoms with E-state index in [0.29, 0.717) is 98.2 Å². The van der Waals surface area contributed by atoms with Crippen molar-refractivity contribution in [3.63, 3.8) is 0 Å². The average Bonchev–Trinajstić information content (AvgIpc) is 1.20. The van der Waals surface area contributed by atoms with Crippen LogP contribution in [0.1, 0.15) is 102 Å². The van der Waals surface area contributed by atoms with Gasteiger partial charge in [-0.05, 0) is 103 Å². The number of rotatable bonds is 6. The van der Waals surface area contributed by atoms with Gasteiger partial charge < -0.3 is 24.3 Å². The summed E-state index contributed by atoms with van der Waals surface area (Å²) >= 11 is 18.4. The third-order valence-corrected chi connectivity index (χ3v) is 15.3. The number of carbonyl (C=O) groups excluding carboxylic acids is 2. The Morgan fingerprint density at radius 3 is 1.55 bits per heavy atom. The van der Waals surface area contributed by atoms with Gasteiger partial charge in [0.25, 0.3) is 16.7 Å². The summed E-state index contributed by atoms with van der Waals surface area (Å²) in [6, 6.07) is 22.1. The number of ether oxygens (including phenoxy) is 2. The maximum atomic E-state index is 13.5. The Balaban J connectivity index is 0.000000168. The van der Waals surface area contributed by atoms with Crippen LogP contribution in [0.25, 0.3) is 39.2 Å². The van der Waals surface area contributed by atoms with Gasteiger partial charge in [0.1, 0.15) is 63.2 Å². The Bertz CT molecular complexity index is 4700. The predicted molar refractivity (Wildman–Crippen MR) is 357 cm³/mol. The second kappa shape index (κ2) is 28.2. The number of hydrogen-bond donors (Lipinski definition) is 3. The van der Waals surface area contributed by atoms with Crippen molar-refractivity contribution in [3.8, 4) is 17.7 Å². The molecule has 3 atom stereocenters. The van der Waals surface area contributed by atoms with Crippen LogP contribution in [0.3, 0.4) is 0 Å². The van der Waals surface area contributed by atoms with Gasteiger partial charge in [0.2, 0.25) is 12.4 Å². The summed E-state index contributed by atoms with van der Waals surface area (Å²) in [7, 11) is 0. The predicted octanol–water partition coefficient (Wildman–Crippen LogP) is 8.75. The lowest BCUT2D eigenvalue weighted by Crippen LogP contribution is -2.49. The molecule has 14 rings (SSSR count). The Hall–Kier alpha value is -9.12. The Kier molecular flexibility index (Phi) is 21.1. The van der Waals surface area contributed by atoms with E-state index in [1.165, 1.54) is 29.0 Å². The number of anilines is 1. The molecule has 3 saturated heterocycles. The molecule has 33 heteroatoms. The number of carbonyl (C=O) groups is 2. The van der Waals surface area contributed by atoms with E-state index < -0.39 is 29.4 Å². The number of fused-ring (bicyclic) bond motifs is 4. The Labute approximate surface area is 559 Å². The van der Waals surface area contributed by atoms with Crippen molar-refractivity contribution in [2.24, 2.45) is 0 Å². The molecule has 27 nitrogen and oxygen atoms in total. The minimum atomic E-state index is -0.608. The standard InChI is InChI=1S/C21H14ClN9O.C19H20ClN5O3.C14H17ClN4O3.C5H6NO.3H2S/c22-13-4-8-30-17(13)21(32)31(15-3-1-2-6-24-15)19(28-30)14-5-7-29(14)20-16-12(9-23)10-25-18(16)26-11-27-20;1-19(2,3)28-18(27)23-10-8-13(23)16-22-24-11-7-12(20)15(24)17(26)25(16)14-6-4-5-9-21-14;1-14(2,3)22-13(21)18-6-5-9(18)11-16-12(20)10-8(15)4-7-19(10)17-11;7-6-4-2-1-3-5-6;;;/h1-4,6,8,10-11,14H,5,7H2,(H,25,26,27);4-7,9,11,13H,8,10H2,1-3H3;4,7,9H,5-6H2,1-3H3,(H,16,17,20);1-5,7H;3*1H2/q;;;+1;;;. The fourth-order valence-electron chi connectivity index (χ4n) is 10.1. The van der Waals surface area contributed by atoms with Crippen LogP contribution < -0.4 is 26.3 Å². The maximum absolute atomic E-state index is 13.5. The van der Waals surface area contributed by atoms with Crippen LogP contribution in [0.4, 0.5) is 15.4 Å².